The summed E-state index contributed by atoms with van der Waals surface area (Å²) in [5, 5.41) is 11.6. The Morgan fingerprint density at radius 1 is 1.75 bits per heavy atom. The third-order valence-corrected chi connectivity index (χ3v) is 1.81. The number of fused-ring (bicyclic) bond motifs is 1. The highest BCUT2D eigenvalue weighted by Gasteiger charge is 2.28. The molecule has 6 heteroatoms. The Balaban J connectivity index is 2.49. The van der Waals surface area contributed by atoms with E-state index in [4.69, 9.17) is 0 Å². The lowest BCUT2D eigenvalue weighted by atomic mass is 10.3. The molecule has 1 amide bonds. The smallest absolute Gasteiger partial charge is 0.275 e. The number of amides is 1. The molecular formula is C6H8N4O2. The molecule has 2 heterocycles. The number of hydrogen-bond donors (Lipinski definition) is 3. The fourth-order valence-electron chi connectivity index (χ4n) is 1.12. The van der Waals surface area contributed by atoms with Crippen LogP contribution >= 0.6 is 0 Å². The maximum absolute atomic E-state index is 11.1. The van der Waals surface area contributed by atoms with E-state index < -0.39 is 6.35 Å². The second kappa shape index (κ2) is 2.21. The zero-order valence-corrected chi connectivity index (χ0v) is 6.40. The number of nitrogens with one attached hydrogen (secondary N) is 2. The zero-order chi connectivity index (χ0) is 8.72. The van der Waals surface area contributed by atoms with Crippen molar-refractivity contribution in [2.24, 2.45) is 0 Å². The van der Waals surface area contributed by atoms with Gasteiger partial charge in [0.25, 0.3) is 5.91 Å². The van der Waals surface area contributed by atoms with Gasteiger partial charge in [-0.05, 0) is 0 Å². The molecule has 0 aliphatic carbocycles. The number of carbonyl (C=O) groups excluding carboxylic acids is 1. The van der Waals surface area contributed by atoms with Crippen molar-refractivity contribution < 1.29 is 9.90 Å². The van der Waals surface area contributed by atoms with Gasteiger partial charge in [-0.3, -0.25) is 4.79 Å². The number of anilines is 1. The van der Waals surface area contributed by atoms with Crippen molar-refractivity contribution in [2.75, 3.05) is 11.9 Å². The van der Waals surface area contributed by atoms with Crippen LogP contribution in [0, 0.1) is 0 Å². The SMILES string of the molecule is CN1c2nc[nH]c2C(=O)NC1O. The summed E-state index contributed by atoms with van der Waals surface area (Å²) in [6.45, 7) is 0. The number of nitrogens with zero attached hydrogens (tertiary/aromatic N) is 2. The van der Waals surface area contributed by atoms with Crippen LogP contribution in [0.1, 0.15) is 10.5 Å². The van der Waals surface area contributed by atoms with Crippen molar-refractivity contribution in [3.8, 4) is 0 Å². The lowest BCUT2D eigenvalue weighted by Crippen LogP contribution is -2.51. The summed E-state index contributed by atoms with van der Waals surface area (Å²) in [5.74, 6) is 0.124. The fourth-order valence-corrected chi connectivity index (χ4v) is 1.12. The zero-order valence-electron chi connectivity index (χ0n) is 6.40. The van der Waals surface area contributed by atoms with Gasteiger partial charge in [-0.15, -0.1) is 0 Å². The second-order valence-corrected chi connectivity index (χ2v) is 2.56. The molecule has 0 bridgehead atoms. The van der Waals surface area contributed by atoms with E-state index >= 15 is 0 Å². The van der Waals surface area contributed by atoms with Gasteiger partial charge in [-0.25, -0.2) is 4.98 Å². The Morgan fingerprint density at radius 2 is 2.50 bits per heavy atom. The van der Waals surface area contributed by atoms with Crippen LogP contribution in [0.15, 0.2) is 6.33 Å². The number of aliphatic hydroxyl groups excluding tert-OH is 1. The minimum atomic E-state index is -0.992. The maximum Gasteiger partial charge on any atom is 0.275 e. The normalized spacial score (nSPS) is 22.0. The number of H-pyrrole nitrogens is 1. The first-order chi connectivity index (χ1) is 5.70. The lowest BCUT2D eigenvalue weighted by molar-refractivity contribution is 0.0751. The number of aromatic amines is 1. The minimum Gasteiger partial charge on any atom is -0.356 e. The first-order valence-corrected chi connectivity index (χ1v) is 3.45. The minimum absolute atomic E-state index is 0.340. The van der Waals surface area contributed by atoms with E-state index in [9.17, 15) is 9.90 Å². The highest BCUT2D eigenvalue weighted by Crippen LogP contribution is 2.18. The molecule has 0 saturated carbocycles. The molecule has 1 aromatic rings. The van der Waals surface area contributed by atoms with Crippen LogP contribution in [0.4, 0.5) is 5.82 Å². The van der Waals surface area contributed by atoms with Crippen molar-refractivity contribution in [3.05, 3.63) is 12.0 Å². The molecule has 64 valence electrons. The van der Waals surface area contributed by atoms with Crippen LogP contribution in [0.5, 0.6) is 0 Å². The molecule has 1 atom stereocenters. The Hall–Kier alpha value is -1.56. The van der Waals surface area contributed by atoms with Gasteiger partial charge in [-0.1, -0.05) is 0 Å². The summed E-state index contributed by atoms with van der Waals surface area (Å²) in [6.07, 6.45) is 0.423. The van der Waals surface area contributed by atoms with E-state index in [1.807, 2.05) is 0 Å². The molecule has 12 heavy (non-hydrogen) atoms. The molecule has 0 aromatic carbocycles. The average Bonchev–Trinajstić information content (AvgIpc) is 2.48. The summed E-state index contributed by atoms with van der Waals surface area (Å²) < 4.78 is 0. The van der Waals surface area contributed by atoms with Gasteiger partial charge in [0.2, 0.25) is 6.35 Å². The van der Waals surface area contributed by atoms with Crippen molar-refractivity contribution in [1.82, 2.24) is 15.3 Å². The van der Waals surface area contributed by atoms with Crippen molar-refractivity contribution in [3.63, 3.8) is 0 Å². The molecule has 3 N–H and O–H groups in total. The van der Waals surface area contributed by atoms with Crippen LogP contribution in [0.2, 0.25) is 0 Å². The number of imidazole rings is 1. The van der Waals surface area contributed by atoms with Crippen molar-refractivity contribution >= 4 is 11.7 Å². The number of carbonyl (C=O) groups is 1. The quantitative estimate of drug-likeness (QED) is 0.457. The predicted molar refractivity (Wildman–Crippen MR) is 40.5 cm³/mol. The monoisotopic (exact) mass is 168 g/mol. The Bertz CT molecular complexity index is 321. The van der Waals surface area contributed by atoms with Gasteiger partial charge >= 0.3 is 0 Å². The van der Waals surface area contributed by atoms with Gasteiger partial charge in [-0.2, -0.15) is 0 Å². The van der Waals surface area contributed by atoms with E-state index in [-0.39, 0.29) is 5.91 Å². The molecule has 6 nitrogen and oxygen atoms in total. The molecular weight excluding hydrogens is 160 g/mol. The molecule has 0 fully saturated rings. The topological polar surface area (TPSA) is 81.2 Å². The van der Waals surface area contributed by atoms with E-state index in [0.29, 0.717) is 11.5 Å². The third kappa shape index (κ3) is 0.782. The highest BCUT2D eigenvalue weighted by molar-refractivity contribution is 5.98. The molecule has 1 unspecified atom stereocenters. The summed E-state index contributed by atoms with van der Waals surface area (Å²) in [6, 6.07) is 0. The highest BCUT2D eigenvalue weighted by atomic mass is 16.3. The van der Waals surface area contributed by atoms with Crippen LogP contribution in [-0.2, 0) is 0 Å². The van der Waals surface area contributed by atoms with E-state index in [1.54, 1.807) is 7.05 Å². The summed E-state index contributed by atoms with van der Waals surface area (Å²) in [7, 11) is 1.64. The molecule has 1 aromatic heterocycles. The van der Waals surface area contributed by atoms with E-state index in [2.05, 4.69) is 15.3 Å². The number of aliphatic hydroxyl groups is 1. The Kier molecular flexibility index (Phi) is 1.31. The Labute approximate surface area is 68.2 Å². The average molecular weight is 168 g/mol. The standard InChI is InChI=1S/C6H8N4O2/c1-10-4-3(7-2-8-4)5(11)9-6(10)12/h2,6,12H,1H3,(H,7,8)(H,9,11). The van der Waals surface area contributed by atoms with Gasteiger partial charge < -0.3 is 20.3 Å². The number of aromatic nitrogens is 2. The van der Waals surface area contributed by atoms with Crippen LogP contribution in [-0.4, -0.2) is 34.4 Å². The Morgan fingerprint density at radius 3 is 3.25 bits per heavy atom. The van der Waals surface area contributed by atoms with Gasteiger partial charge in [0.05, 0.1) is 6.33 Å². The van der Waals surface area contributed by atoms with Crippen LogP contribution in [0.25, 0.3) is 0 Å². The summed E-state index contributed by atoms with van der Waals surface area (Å²) in [4.78, 5) is 19.2. The van der Waals surface area contributed by atoms with E-state index in [1.165, 1.54) is 11.2 Å². The summed E-state index contributed by atoms with van der Waals surface area (Å²) >= 11 is 0. The van der Waals surface area contributed by atoms with Crippen molar-refractivity contribution in [2.45, 2.75) is 6.35 Å². The van der Waals surface area contributed by atoms with Gasteiger partial charge in [0.1, 0.15) is 5.69 Å². The number of rotatable bonds is 0. The molecule has 2 rings (SSSR count). The molecule has 1 aliphatic rings. The van der Waals surface area contributed by atoms with Crippen LogP contribution in [0.3, 0.4) is 0 Å². The third-order valence-electron chi connectivity index (χ3n) is 1.81. The molecule has 0 spiro atoms. The first-order valence-electron chi connectivity index (χ1n) is 3.45. The second-order valence-electron chi connectivity index (χ2n) is 2.56. The predicted octanol–water partition coefficient (Wildman–Crippen LogP) is -1.13. The molecule has 0 radical (unpaired) electrons. The molecule has 0 saturated heterocycles. The maximum atomic E-state index is 11.1. The van der Waals surface area contributed by atoms with Crippen LogP contribution < -0.4 is 10.2 Å². The molecule has 1 aliphatic heterocycles. The van der Waals surface area contributed by atoms with E-state index in [0.717, 1.165) is 0 Å². The number of hydrogen-bond acceptors (Lipinski definition) is 4. The van der Waals surface area contributed by atoms with Gasteiger partial charge in [0.15, 0.2) is 5.82 Å². The fraction of sp³-hybridized carbons (Fsp3) is 0.333. The van der Waals surface area contributed by atoms with Crippen molar-refractivity contribution in [1.29, 1.82) is 0 Å². The first kappa shape index (κ1) is 7.11. The summed E-state index contributed by atoms with van der Waals surface area (Å²) in [5.41, 5.74) is 0.378. The van der Waals surface area contributed by atoms with Gasteiger partial charge in [0, 0.05) is 7.05 Å². The lowest BCUT2D eigenvalue weighted by Gasteiger charge is -2.28. The largest absolute Gasteiger partial charge is 0.356 e.